The smallest absolute Gasteiger partial charge is 0.305 e. The fraction of sp³-hybridized carbons (Fsp3) is 0.909. The minimum Gasteiger partial charge on any atom is -0.466 e. The first-order valence-electron chi connectivity index (χ1n) is 32.6. The van der Waals surface area contributed by atoms with Crippen LogP contribution in [0, 0.1) is 0 Å². The van der Waals surface area contributed by atoms with E-state index in [1.165, 1.54) is 295 Å². The van der Waals surface area contributed by atoms with Crippen LogP contribution in [0.1, 0.15) is 361 Å². The summed E-state index contributed by atoms with van der Waals surface area (Å²) in [7, 11) is 0. The van der Waals surface area contributed by atoms with E-state index in [2.05, 4.69) is 31.3 Å². The molecule has 3 N–H and O–H groups in total. The minimum absolute atomic E-state index is 0.0173. The molecule has 0 fully saturated rings. The number of nitrogens with one attached hydrogen (secondary N) is 1. The largest absolute Gasteiger partial charge is 0.466 e. The Morgan fingerprint density at radius 2 is 0.653 bits per heavy atom. The van der Waals surface area contributed by atoms with Gasteiger partial charge in [-0.05, 0) is 57.8 Å². The van der Waals surface area contributed by atoms with Crippen LogP contribution in [-0.4, -0.2) is 47.4 Å². The summed E-state index contributed by atoms with van der Waals surface area (Å²) < 4.78 is 5.48. The molecule has 1 amide bonds. The number of aliphatic hydroxyl groups is 2. The molecule has 2 atom stereocenters. The lowest BCUT2D eigenvalue weighted by Crippen LogP contribution is -2.45. The third-order valence-corrected chi connectivity index (χ3v) is 15.2. The Morgan fingerprint density at radius 1 is 0.375 bits per heavy atom. The zero-order chi connectivity index (χ0) is 52.2. The third-order valence-electron chi connectivity index (χ3n) is 15.2. The van der Waals surface area contributed by atoms with Crippen molar-refractivity contribution in [2.24, 2.45) is 0 Å². The SMILES string of the molecule is CCCCCCCCCCCCCC/C=C/C(O)C(CO)NC(=O)CCCCCCCCCCCCCC/C=C\CCCCCCCCCCCCCCOC(=O)CCCCCCCCCCCCCCC. The number of aliphatic hydroxyl groups excluding tert-OH is 2. The van der Waals surface area contributed by atoms with Crippen LogP contribution in [0.15, 0.2) is 24.3 Å². The molecule has 0 radical (unpaired) electrons. The average Bonchev–Trinajstić information content (AvgIpc) is 3.38. The van der Waals surface area contributed by atoms with E-state index < -0.39 is 12.1 Å². The molecule has 72 heavy (non-hydrogen) atoms. The number of hydrogen-bond acceptors (Lipinski definition) is 5. The van der Waals surface area contributed by atoms with Crippen LogP contribution in [0.5, 0.6) is 0 Å². The quantitative estimate of drug-likeness (QED) is 0.0320. The van der Waals surface area contributed by atoms with E-state index >= 15 is 0 Å². The van der Waals surface area contributed by atoms with Gasteiger partial charge < -0.3 is 20.3 Å². The number of hydrogen-bond donors (Lipinski definition) is 3. The maximum atomic E-state index is 12.5. The molecule has 0 heterocycles. The Labute approximate surface area is 450 Å². The first-order chi connectivity index (χ1) is 35.5. The summed E-state index contributed by atoms with van der Waals surface area (Å²) in [5, 5.41) is 23.1. The van der Waals surface area contributed by atoms with Gasteiger partial charge in [0.2, 0.25) is 5.91 Å². The molecule has 0 aliphatic heterocycles. The molecule has 0 bridgehead atoms. The lowest BCUT2D eigenvalue weighted by molar-refractivity contribution is -0.143. The standard InChI is InChI=1S/C66H127NO5/c1-3-5-7-9-11-13-15-17-35-38-42-46-50-54-58-64(69)63(62-68)67-65(70)59-55-51-47-43-39-36-32-30-28-26-24-22-20-18-19-21-23-25-27-29-31-33-37-41-45-49-53-57-61-72-66(71)60-56-52-48-44-40-34-16-14-12-10-8-6-4-2/h18-19,54,58,63-64,68-69H,3-17,20-53,55-57,59-62H2,1-2H3,(H,67,70)/b19-18-,58-54+. The number of carbonyl (C=O) groups excluding carboxylic acids is 2. The first kappa shape index (κ1) is 70.3. The van der Waals surface area contributed by atoms with Crippen molar-refractivity contribution in [2.45, 2.75) is 373 Å². The highest BCUT2D eigenvalue weighted by Gasteiger charge is 2.18. The summed E-state index contributed by atoms with van der Waals surface area (Å²) >= 11 is 0. The number of carbonyl (C=O) groups is 2. The van der Waals surface area contributed by atoms with Gasteiger partial charge in [-0.2, -0.15) is 0 Å². The molecule has 0 aromatic carbocycles. The Bertz CT molecular complexity index is 1120. The van der Waals surface area contributed by atoms with Crippen LogP contribution in [0.25, 0.3) is 0 Å². The van der Waals surface area contributed by atoms with Crippen LogP contribution in [-0.2, 0) is 14.3 Å². The molecule has 6 nitrogen and oxygen atoms in total. The highest BCUT2D eigenvalue weighted by Crippen LogP contribution is 2.18. The van der Waals surface area contributed by atoms with Gasteiger partial charge in [0, 0.05) is 12.8 Å². The van der Waals surface area contributed by atoms with Crippen LogP contribution in [0.2, 0.25) is 0 Å². The monoisotopic (exact) mass is 1010 g/mol. The number of unbranched alkanes of at least 4 members (excludes halogenated alkanes) is 48. The number of ether oxygens (including phenoxy) is 1. The van der Waals surface area contributed by atoms with Gasteiger partial charge in [-0.3, -0.25) is 9.59 Å². The van der Waals surface area contributed by atoms with Crippen molar-refractivity contribution in [2.75, 3.05) is 13.2 Å². The van der Waals surface area contributed by atoms with Gasteiger partial charge in [0.05, 0.1) is 25.4 Å². The zero-order valence-corrected chi connectivity index (χ0v) is 48.7. The van der Waals surface area contributed by atoms with Crippen molar-refractivity contribution < 1.29 is 24.5 Å². The molecular weight excluding hydrogens is 887 g/mol. The van der Waals surface area contributed by atoms with E-state index in [1.807, 2.05) is 6.08 Å². The summed E-state index contributed by atoms with van der Waals surface area (Å²) in [6, 6.07) is -0.627. The molecule has 0 aromatic rings. The van der Waals surface area contributed by atoms with Gasteiger partial charge in [0.15, 0.2) is 0 Å². The van der Waals surface area contributed by atoms with Crippen LogP contribution in [0.4, 0.5) is 0 Å². The Balaban J connectivity index is 3.38. The molecule has 6 heteroatoms. The van der Waals surface area contributed by atoms with Crippen molar-refractivity contribution in [3.63, 3.8) is 0 Å². The topological polar surface area (TPSA) is 95.9 Å². The lowest BCUT2D eigenvalue weighted by atomic mass is 10.0. The zero-order valence-electron chi connectivity index (χ0n) is 48.7. The van der Waals surface area contributed by atoms with Gasteiger partial charge >= 0.3 is 5.97 Å². The second kappa shape index (κ2) is 61.9. The lowest BCUT2D eigenvalue weighted by Gasteiger charge is -2.20. The molecule has 2 unspecified atom stereocenters. The molecule has 0 saturated heterocycles. The summed E-state index contributed by atoms with van der Waals surface area (Å²) in [6.07, 6.45) is 76.7. The fourth-order valence-corrected chi connectivity index (χ4v) is 10.2. The van der Waals surface area contributed by atoms with Crippen molar-refractivity contribution >= 4 is 11.9 Å². The third kappa shape index (κ3) is 57.6. The highest BCUT2D eigenvalue weighted by molar-refractivity contribution is 5.76. The van der Waals surface area contributed by atoms with E-state index in [9.17, 15) is 19.8 Å². The Kier molecular flexibility index (Phi) is 60.5. The van der Waals surface area contributed by atoms with E-state index in [-0.39, 0.29) is 18.5 Å². The van der Waals surface area contributed by atoms with Crippen LogP contribution >= 0.6 is 0 Å². The predicted molar refractivity (Wildman–Crippen MR) is 315 cm³/mol. The van der Waals surface area contributed by atoms with E-state index in [1.54, 1.807) is 6.08 Å². The van der Waals surface area contributed by atoms with Crippen LogP contribution < -0.4 is 5.32 Å². The van der Waals surface area contributed by atoms with Gasteiger partial charge in [0.1, 0.15) is 0 Å². The second-order valence-electron chi connectivity index (χ2n) is 22.5. The average molecular weight is 1010 g/mol. The van der Waals surface area contributed by atoms with Gasteiger partial charge in [-0.1, -0.05) is 314 Å². The number of rotatable bonds is 61. The molecule has 426 valence electrons. The maximum Gasteiger partial charge on any atom is 0.305 e. The molecule has 0 spiro atoms. The first-order valence-corrected chi connectivity index (χ1v) is 32.6. The number of allylic oxidation sites excluding steroid dienone is 3. The molecule has 0 aliphatic rings. The van der Waals surface area contributed by atoms with E-state index in [0.717, 1.165) is 38.5 Å². The molecular formula is C66H127NO5. The molecule has 0 rings (SSSR count). The maximum absolute atomic E-state index is 12.5. The number of esters is 1. The summed E-state index contributed by atoms with van der Waals surface area (Å²) in [5.74, 6) is -0.0490. The van der Waals surface area contributed by atoms with Gasteiger partial charge in [-0.15, -0.1) is 0 Å². The molecule has 0 saturated carbocycles. The normalized spacial score (nSPS) is 12.7. The van der Waals surface area contributed by atoms with E-state index in [4.69, 9.17) is 4.74 Å². The second-order valence-corrected chi connectivity index (χ2v) is 22.5. The number of amides is 1. The molecule has 0 aliphatic carbocycles. The predicted octanol–water partition coefficient (Wildman–Crippen LogP) is 20.6. The van der Waals surface area contributed by atoms with Crippen molar-refractivity contribution in [3.05, 3.63) is 24.3 Å². The highest BCUT2D eigenvalue weighted by atomic mass is 16.5. The molecule has 0 aromatic heterocycles. The van der Waals surface area contributed by atoms with Crippen LogP contribution in [0.3, 0.4) is 0 Å². The Morgan fingerprint density at radius 3 is 0.986 bits per heavy atom. The van der Waals surface area contributed by atoms with Crippen molar-refractivity contribution in [3.8, 4) is 0 Å². The summed E-state index contributed by atoms with van der Waals surface area (Å²) in [4.78, 5) is 24.5. The Hall–Kier alpha value is -1.66. The minimum atomic E-state index is -0.843. The fourth-order valence-electron chi connectivity index (χ4n) is 10.2. The van der Waals surface area contributed by atoms with Gasteiger partial charge in [0.25, 0.3) is 0 Å². The van der Waals surface area contributed by atoms with Gasteiger partial charge in [-0.25, -0.2) is 0 Å². The van der Waals surface area contributed by atoms with Crippen molar-refractivity contribution in [1.82, 2.24) is 5.32 Å². The summed E-state index contributed by atoms with van der Waals surface area (Å²) in [5.41, 5.74) is 0. The van der Waals surface area contributed by atoms with Crippen molar-refractivity contribution in [1.29, 1.82) is 0 Å². The summed E-state index contributed by atoms with van der Waals surface area (Å²) in [6.45, 7) is 4.93. The van der Waals surface area contributed by atoms with E-state index in [0.29, 0.717) is 19.4 Å².